The molecule has 0 saturated carbocycles. The van der Waals surface area contributed by atoms with Gasteiger partial charge in [0.05, 0.1) is 12.0 Å². The predicted octanol–water partition coefficient (Wildman–Crippen LogP) is 3.75. The average molecular weight is 420 g/mol. The lowest BCUT2D eigenvalue weighted by molar-refractivity contribution is 0.0750. The van der Waals surface area contributed by atoms with Crippen molar-refractivity contribution in [2.24, 2.45) is 0 Å². The Balaban J connectivity index is 1.43. The number of aromatic nitrogens is 1. The summed E-state index contributed by atoms with van der Waals surface area (Å²) in [4.78, 5) is 21.3. The van der Waals surface area contributed by atoms with E-state index in [0.29, 0.717) is 38.0 Å². The second kappa shape index (κ2) is 8.84. The molecule has 4 rings (SSSR count). The summed E-state index contributed by atoms with van der Waals surface area (Å²) >= 11 is 1.45. The van der Waals surface area contributed by atoms with Gasteiger partial charge in [0, 0.05) is 32.3 Å². The molecule has 0 radical (unpaired) electrons. The molecule has 1 saturated heterocycles. The van der Waals surface area contributed by atoms with E-state index in [1.807, 2.05) is 57.7 Å². The molecule has 1 aromatic carbocycles. The van der Waals surface area contributed by atoms with E-state index >= 15 is 0 Å². The van der Waals surface area contributed by atoms with E-state index in [1.54, 1.807) is 13.2 Å². The number of thiophene rings is 1. The number of nitrogens with zero attached hydrogens (tertiary/aromatic N) is 4. The highest BCUT2D eigenvalue weighted by Gasteiger charge is 2.26. The number of rotatable bonds is 5. The number of ether oxygens (including phenoxy) is 1. The molecule has 152 valence electrons. The number of carbonyl (C=O) groups excluding carboxylic acids is 1. The molecule has 1 aliphatic rings. The van der Waals surface area contributed by atoms with Crippen LogP contribution in [0.2, 0.25) is 0 Å². The Bertz CT molecular complexity index is 1070. The molecule has 0 spiro atoms. The van der Waals surface area contributed by atoms with Gasteiger partial charge in [-0.3, -0.25) is 4.79 Å². The number of nitriles is 1. The molecule has 8 heteroatoms. The Kier molecular flexibility index (Phi) is 5.82. The molecule has 1 fully saturated rings. The fourth-order valence-electron chi connectivity index (χ4n) is 3.24. The van der Waals surface area contributed by atoms with Gasteiger partial charge in [-0.25, -0.2) is 0 Å². The Labute approximate surface area is 178 Å². The normalized spacial score (nSPS) is 14.1. The summed E-state index contributed by atoms with van der Waals surface area (Å²) in [7, 11) is 1.63. The molecule has 30 heavy (non-hydrogen) atoms. The van der Waals surface area contributed by atoms with Gasteiger partial charge >= 0.3 is 0 Å². The molecule has 0 aliphatic carbocycles. The van der Waals surface area contributed by atoms with E-state index in [4.69, 9.17) is 9.15 Å². The van der Waals surface area contributed by atoms with Crippen molar-refractivity contribution in [3.8, 4) is 11.8 Å². The second-order valence-corrected chi connectivity index (χ2v) is 7.63. The molecule has 0 bridgehead atoms. The van der Waals surface area contributed by atoms with Gasteiger partial charge in [-0.2, -0.15) is 10.2 Å². The molecular formula is C22H20N4O3S. The van der Waals surface area contributed by atoms with Crippen LogP contribution in [0.15, 0.2) is 46.2 Å². The van der Waals surface area contributed by atoms with Crippen molar-refractivity contribution in [3.63, 3.8) is 0 Å². The summed E-state index contributed by atoms with van der Waals surface area (Å²) in [6.45, 7) is 2.31. The van der Waals surface area contributed by atoms with Crippen LogP contribution in [0.4, 0.5) is 5.88 Å². The van der Waals surface area contributed by atoms with Crippen LogP contribution < -0.4 is 9.64 Å². The zero-order chi connectivity index (χ0) is 20.9. The van der Waals surface area contributed by atoms with Gasteiger partial charge in [-0.15, -0.1) is 11.3 Å². The third kappa shape index (κ3) is 4.21. The number of hydrogen-bond acceptors (Lipinski definition) is 7. The Morgan fingerprint density at radius 2 is 1.97 bits per heavy atom. The minimum Gasteiger partial charge on any atom is -0.497 e. The fourth-order valence-corrected chi connectivity index (χ4v) is 3.93. The van der Waals surface area contributed by atoms with Gasteiger partial charge in [-0.1, -0.05) is 18.2 Å². The quantitative estimate of drug-likeness (QED) is 0.625. The van der Waals surface area contributed by atoms with E-state index in [-0.39, 0.29) is 11.6 Å². The highest BCUT2D eigenvalue weighted by molar-refractivity contribution is 7.12. The van der Waals surface area contributed by atoms with Crippen LogP contribution in [0, 0.1) is 11.3 Å². The first kappa shape index (κ1) is 19.7. The molecule has 1 amide bonds. The van der Waals surface area contributed by atoms with E-state index in [9.17, 15) is 10.1 Å². The minimum absolute atomic E-state index is 0.0471. The van der Waals surface area contributed by atoms with Gasteiger partial charge in [0.15, 0.2) is 0 Å². The summed E-state index contributed by atoms with van der Waals surface area (Å²) in [6.07, 6.45) is 3.61. The van der Waals surface area contributed by atoms with Crippen molar-refractivity contribution in [2.75, 3.05) is 38.2 Å². The lowest BCUT2D eigenvalue weighted by Gasteiger charge is -2.34. The van der Waals surface area contributed by atoms with Crippen LogP contribution in [0.3, 0.4) is 0 Å². The van der Waals surface area contributed by atoms with Crippen LogP contribution in [-0.4, -0.2) is 49.1 Å². The highest BCUT2D eigenvalue weighted by atomic mass is 32.1. The van der Waals surface area contributed by atoms with Crippen LogP contribution in [0.1, 0.15) is 26.8 Å². The molecule has 0 atom stereocenters. The third-order valence-electron chi connectivity index (χ3n) is 4.85. The molecule has 0 N–H and O–H groups in total. The molecule has 7 nitrogen and oxygen atoms in total. The molecule has 1 aliphatic heterocycles. The first-order valence-corrected chi connectivity index (χ1v) is 10.4. The summed E-state index contributed by atoms with van der Waals surface area (Å²) in [5.41, 5.74) is 1.22. The molecule has 0 unspecified atom stereocenters. The van der Waals surface area contributed by atoms with Gasteiger partial charge < -0.3 is 19.0 Å². The van der Waals surface area contributed by atoms with Crippen LogP contribution in [0.25, 0.3) is 12.2 Å². The summed E-state index contributed by atoms with van der Waals surface area (Å²) < 4.78 is 11.0. The van der Waals surface area contributed by atoms with Crippen LogP contribution in [-0.2, 0) is 0 Å². The number of anilines is 1. The van der Waals surface area contributed by atoms with E-state index in [2.05, 4.69) is 11.1 Å². The smallest absolute Gasteiger partial charge is 0.264 e. The zero-order valence-electron chi connectivity index (χ0n) is 16.4. The summed E-state index contributed by atoms with van der Waals surface area (Å²) in [5, 5.41) is 11.4. The SMILES string of the molecule is COc1ccc(C=Cc2nc(C#N)c(N3CCN(C(=O)c4cccs4)CC3)o2)cc1. The van der Waals surface area contributed by atoms with Crippen molar-refractivity contribution >= 4 is 35.3 Å². The van der Waals surface area contributed by atoms with Crippen molar-refractivity contribution in [2.45, 2.75) is 0 Å². The lowest BCUT2D eigenvalue weighted by atomic mass is 10.2. The number of methoxy groups -OCH3 is 1. The van der Waals surface area contributed by atoms with Crippen molar-refractivity contribution in [1.82, 2.24) is 9.88 Å². The van der Waals surface area contributed by atoms with E-state index in [1.165, 1.54) is 11.3 Å². The maximum absolute atomic E-state index is 12.5. The number of benzene rings is 1. The van der Waals surface area contributed by atoms with E-state index < -0.39 is 0 Å². The summed E-state index contributed by atoms with van der Waals surface area (Å²) in [5.74, 6) is 1.66. The van der Waals surface area contributed by atoms with Gasteiger partial charge in [-0.05, 0) is 35.2 Å². The topological polar surface area (TPSA) is 82.6 Å². The monoisotopic (exact) mass is 420 g/mol. The first-order valence-electron chi connectivity index (χ1n) is 9.48. The lowest BCUT2D eigenvalue weighted by Crippen LogP contribution is -2.48. The number of piperazine rings is 1. The van der Waals surface area contributed by atoms with Crippen LogP contribution >= 0.6 is 11.3 Å². The van der Waals surface area contributed by atoms with Crippen molar-refractivity contribution in [3.05, 3.63) is 63.8 Å². The van der Waals surface area contributed by atoms with Crippen LogP contribution in [0.5, 0.6) is 5.75 Å². The third-order valence-corrected chi connectivity index (χ3v) is 5.71. The van der Waals surface area contributed by atoms with Gasteiger partial charge in [0.1, 0.15) is 11.8 Å². The minimum atomic E-state index is 0.0471. The zero-order valence-corrected chi connectivity index (χ0v) is 17.3. The highest BCUT2D eigenvalue weighted by Crippen LogP contribution is 2.25. The largest absolute Gasteiger partial charge is 0.497 e. The number of amides is 1. The van der Waals surface area contributed by atoms with Crippen molar-refractivity contribution < 1.29 is 13.9 Å². The maximum atomic E-state index is 12.5. The number of carbonyl (C=O) groups is 1. The van der Waals surface area contributed by atoms with Crippen molar-refractivity contribution in [1.29, 1.82) is 5.26 Å². The molecule has 3 aromatic rings. The van der Waals surface area contributed by atoms with E-state index in [0.717, 1.165) is 16.2 Å². The predicted molar refractivity (Wildman–Crippen MR) is 116 cm³/mol. The molecular weight excluding hydrogens is 400 g/mol. The number of hydrogen-bond donors (Lipinski definition) is 0. The Morgan fingerprint density at radius 3 is 2.60 bits per heavy atom. The number of oxazole rings is 1. The average Bonchev–Trinajstić information content (AvgIpc) is 3.48. The Morgan fingerprint density at radius 1 is 1.20 bits per heavy atom. The maximum Gasteiger partial charge on any atom is 0.264 e. The molecule has 2 aromatic heterocycles. The fraction of sp³-hybridized carbons (Fsp3) is 0.227. The Hall–Kier alpha value is -3.57. The first-order chi connectivity index (χ1) is 14.7. The van der Waals surface area contributed by atoms with Gasteiger partial charge in [0.25, 0.3) is 5.91 Å². The van der Waals surface area contributed by atoms with Gasteiger partial charge in [0.2, 0.25) is 17.5 Å². The standard InChI is InChI=1S/C22H20N4O3S/c1-28-17-7-4-16(5-8-17)6-9-20-24-18(15-23)22(29-20)26-12-10-25(11-13-26)21(27)19-3-2-14-30-19/h2-9,14H,10-13H2,1H3. The second-order valence-electron chi connectivity index (χ2n) is 6.68. The molecule has 3 heterocycles. The summed E-state index contributed by atoms with van der Waals surface area (Å²) in [6, 6.07) is 13.4.